The van der Waals surface area contributed by atoms with E-state index in [9.17, 15) is 4.79 Å². The van der Waals surface area contributed by atoms with Gasteiger partial charge >= 0.3 is 0 Å². The number of amides is 1. The van der Waals surface area contributed by atoms with Gasteiger partial charge in [0.2, 0.25) is 0 Å². The second-order valence-electron chi connectivity index (χ2n) is 4.00. The number of aromatic amines is 1. The molecular formula is C11H18ClN3O2. The number of hydrogen-bond acceptors (Lipinski definition) is 3. The molecule has 1 aromatic heterocycles. The molecule has 0 bridgehead atoms. The third-order valence-electron chi connectivity index (χ3n) is 2.87. The van der Waals surface area contributed by atoms with E-state index in [2.05, 4.69) is 4.98 Å². The molecule has 1 aromatic rings. The van der Waals surface area contributed by atoms with Crippen LogP contribution in [-0.2, 0) is 4.74 Å². The Hall–Kier alpha value is -1.04. The van der Waals surface area contributed by atoms with Gasteiger partial charge in [-0.1, -0.05) is 0 Å². The van der Waals surface area contributed by atoms with Gasteiger partial charge in [-0.05, 0) is 13.0 Å². The summed E-state index contributed by atoms with van der Waals surface area (Å²) in [6.45, 7) is 4.14. The Morgan fingerprint density at radius 2 is 2.47 bits per heavy atom. The lowest BCUT2D eigenvalue weighted by atomic mass is 10.2. The number of halogens is 1. The molecule has 1 atom stereocenters. The molecule has 0 saturated carbocycles. The highest BCUT2D eigenvalue weighted by Gasteiger charge is 2.25. The fourth-order valence-electron chi connectivity index (χ4n) is 1.90. The first-order valence-corrected chi connectivity index (χ1v) is 5.47. The second kappa shape index (κ2) is 6.05. The number of hydrogen-bond donors (Lipinski definition) is 2. The number of ether oxygens (including phenoxy) is 1. The van der Waals surface area contributed by atoms with Crippen LogP contribution in [0.5, 0.6) is 0 Å². The quantitative estimate of drug-likeness (QED) is 0.815. The molecule has 3 N–H and O–H groups in total. The topological polar surface area (TPSA) is 71.3 Å². The van der Waals surface area contributed by atoms with Crippen molar-refractivity contribution in [1.29, 1.82) is 0 Å². The molecule has 1 aliphatic heterocycles. The standard InChI is InChI=1S/C11H17N3O2.ClH/c1-8-10(2-3-13-8)11(15)14-4-5-16-9(6-12)7-14;/h2-3,9,13H,4-7,12H2,1H3;1H. The van der Waals surface area contributed by atoms with Crippen LogP contribution in [0.1, 0.15) is 16.1 Å². The first-order chi connectivity index (χ1) is 7.72. The van der Waals surface area contributed by atoms with E-state index in [0.717, 1.165) is 11.3 Å². The summed E-state index contributed by atoms with van der Waals surface area (Å²) in [5.74, 6) is 0.0560. The molecule has 1 aliphatic rings. The maximum atomic E-state index is 12.2. The van der Waals surface area contributed by atoms with E-state index < -0.39 is 0 Å². The lowest BCUT2D eigenvalue weighted by Crippen LogP contribution is -2.48. The van der Waals surface area contributed by atoms with Gasteiger partial charge in [0, 0.05) is 31.5 Å². The molecule has 1 unspecified atom stereocenters. The van der Waals surface area contributed by atoms with Crippen LogP contribution in [0.25, 0.3) is 0 Å². The molecule has 0 spiro atoms. The molecule has 2 rings (SSSR count). The van der Waals surface area contributed by atoms with E-state index in [1.165, 1.54) is 0 Å². The molecule has 6 heteroatoms. The van der Waals surface area contributed by atoms with E-state index in [-0.39, 0.29) is 24.4 Å². The van der Waals surface area contributed by atoms with Crippen molar-refractivity contribution in [2.24, 2.45) is 5.73 Å². The van der Waals surface area contributed by atoms with Crippen LogP contribution >= 0.6 is 12.4 Å². The Kier molecular flexibility index (Phi) is 4.99. The molecule has 0 radical (unpaired) electrons. The van der Waals surface area contributed by atoms with Crippen LogP contribution < -0.4 is 5.73 Å². The van der Waals surface area contributed by atoms with Gasteiger partial charge < -0.3 is 20.4 Å². The van der Waals surface area contributed by atoms with Crippen LogP contribution in [0.2, 0.25) is 0 Å². The highest BCUT2D eigenvalue weighted by Crippen LogP contribution is 2.12. The number of nitrogens with zero attached hydrogens (tertiary/aromatic N) is 1. The molecule has 1 fully saturated rings. The lowest BCUT2D eigenvalue weighted by molar-refractivity contribution is -0.0167. The van der Waals surface area contributed by atoms with Crippen LogP contribution in [0, 0.1) is 6.92 Å². The zero-order valence-electron chi connectivity index (χ0n) is 9.81. The number of H-pyrrole nitrogens is 1. The van der Waals surface area contributed by atoms with Crippen molar-refractivity contribution in [3.05, 3.63) is 23.5 Å². The fraction of sp³-hybridized carbons (Fsp3) is 0.545. The molecule has 1 amide bonds. The summed E-state index contributed by atoms with van der Waals surface area (Å²) in [6.07, 6.45) is 1.75. The summed E-state index contributed by atoms with van der Waals surface area (Å²) in [5, 5.41) is 0. The highest BCUT2D eigenvalue weighted by atomic mass is 35.5. The van der Waals surface area contributed by atoms with Gasteiger partial charge in [-0.25, -0.2) is 0 Å². The Labute approximate surface area is 107 Å². The van der Waals surface area contributed by atoms with Gasteiger partial charge in [0.15, 0.2) is 0 Å². The Balaban J connectivity index is 0.00000144. The molecule has 0 aromatic carbocycles. The SMILES string of the molecule is Cc1[nH]ccc1C(=O)N1CCOC(CN)C1.Cl. The van der Waals surface area contributed by atoms with E-state index in [0.29, 0.717) is 26.2 Å². The minimum absolute atomic E-state index is 0. The number of aromatic nitrogens is 1. The van der Waals surface area contributed by atoms with Crippen LogP contribution in [0.15, 0.2) is 12.3 Å². The molecule has 2 heterocycles. The Bertz CT molecular complexity index is 381. The average Bonchev–Trinajstić information content (AvgIpc) is 2.74. The zero-order chi connectivity index (χ0) is 11.5. The fourth-order valence-corrected chi connectivity index (χ4v) is 1.90. The van der Waals surface area contributed by atoms with E-state index in [1.54, 1.807) is 11.1 Å². The third kappa shape index (κ3) is 3.00. The van der Waals surface area contributed by atoms with Crippen molar-refractivity contribution >= 4 is 18.3 Å². The zero-order valence-corrected chi connectivity index (χ0v) is 10.6. The number of carbonyl (C=O) groups is 1. The van der Waals surface area contributed by atoms with E-state index >= 15 is 0 Å². The summed E-state index contributed by atoms with van der Waals surface area (Å²) in [6, 6.07) is 1.81. The summed E-state index contributed by atoms with van der Waals surface area (Å²) >= 11 is 0. The summed E-state index contributed by atoms with van der Waals surface area (Å²) in [7, 11) is 0. The number of rotatable bonds is 2. The largest absolute Gasteiger partial charge is 0.373 e. The van der Waals surface area contributed by atoms with Crippen LogP contribution in [0.4, 0.5) is 0 Å². The van der Waals surface area contributed by atoms with Gasteiger partial charge in [-0.2, -0.15) is 0 Å². The summed E-state index contributed by atoms with van der Waals surface area (Å²) in [5.41, 5.74) is 7.18. The Morgan fingerprint density at radius 1 is 1.71 bits per heavy atom. The van der Waals surface area contributed by atoms with E-state index in [4.69, 9.17) is 10.5 Å². The predicted octanol–water partition coefficient (Wildman–Crippen LogP) is 0.545. The van der Waals surface area contributed by atoms with Crippen molar-refractivity contribution in [3.63, 3.8) is 0 Å². The summed E-state index contributed by atoms with van der Waals surface area (Å²) < 4.78 is 5.43. The Morgan fingerprint density at radius 3 is 3.06 bits per heavy atom. The summed E-state index contributed by atoms with van der Waals surface area (Å²) in [4.78, 5) is 17.0. The first kappa shape index (κ1) is 14.0. The molecule has 1 saturated heterocycles. The second-order valence-corrected chi connectivity index (χ2v) is 4.00. The number of nitrogens with two attached hydrogens (primary N) is 1. The number of carbonyl (C=O) groups excluding carboxylic acids is 1. The molecule has 96 valence electrons. The van der Waals surface area contributed by atoms with E-state index in [1.807, 2.05) is 13.0 Å². The third-order valence-corrected chi connectivity index (χ3v) is 2.87. The minimum Gasteiger partial charge on any atom is -0.373 e. The number of morpholine rings is 1. The van der Waals surface area contributed by atoms with Crippen LogP contribution in [-0.4, -0.2) is 48.1 Å². The van der Waals surface area contributed by atoms with Crippen molar-refractivity contribution < 1.29 is 9.53 Å². The van der Waals surface area contributed by atoms with Gasteiger partial charge in [0.25, 0.3) is 5.91 Å². The maximum absolute atomic E-state index is 12.2. The molecule has 17 heavy (non-hydrogen) atoms. The highest BCUT2D eigenvalue weighted by molar-refractivity contribution is 5.95. The van der Waals surface area contributed by atoms with Crippen molar-refractivity contribution in [2.45, 2.75) is 13.0 Å². The van der Waals surface area contributed by atoms with Crippen molar-refractivity contribution in [1.82, 2.24) is 9.88 Å². The molecule has 0 aliphatic carbocycles. The molecule has 5 nitrogen and oxygen atoms in total. The minimum atomic E-state index is -0.0306. The van der Waals surface area contributed by atoms with Crippen molar-refractivity contribution in [2.75, 3.05) is 26.2 Å². The maximum Gasteiger partial charge on any atom is 0.255 e. The van der Waals surface area contributed by atoms with Gasteiger partial charge in [0.1, 0.15) is 0 Å². The first-order valence-electron chi connectivity index (χ1n) is 5.47. The van der Waals surface area contributed by atoms with Gasteiger partial charge in [-0.3, -0.25) is 4.79 Å². The number of nitrogens with one attached hydrogen (secondary N) is 1. The number of aryl methyl sites for hydroxylation is 1. The average molecular weight is 260 g/mol. The van der Waals surface area contributed by atoms with Gasteiger partial charge in [-0.15, -0.1) is 12.4 Å². The lowest BCUT2D eigenvalue weighted by Gasteiger charge is -2.32. The smallest absolute Gasteiger partial charge is 0.255 e. The van der Waals surface area contributed by atoms with Gasteiger partial charge in [0.05, 0.1) is 18.3 Å². The molecular weight excluding hydrogens is 242 g/mol. The monoisotopic (exact) mass is 259 g/mol. The van der Waals surface area contributed by atoms with Crippen LogP contribution in [0.3, 0.4) is 0 Å². The normalized spacial score (nSPS) is 19.9. The van der Waals surface area contributed by atoms with Crippen molar-refractivity contribution in [3.8, 4) is 0 Å². The predicted molar refractivity (Wildman–Crippen MR) is 67.5 cm³/mol.